The number of esters is 1. The summed E-state index contributed by atoms with van der Waals surface area (Å²) in [4.78, 5) is 13.4. The monoisotopic (exact) mass is 369 g/mol. The molecule has 26 heavy (non-hydrogen) atoms. The maximum Gasteiger partial charge on any atom is 0.325 e. The lowest BCUT2D eigenvalue weighted by atomic mass is 10.1. The predicted molar refractivity (Wildman–Crippen MR) is 111 cm³/mol. The normalized spacial score (nSPS) is 11.3. The number of unbranched alkanes of at least 4 members (excludes halogenated alkanes) is 1. The first-order valence-electron chi connectivity index (χ1n) is 9.51. The van der Waals surface area contributed by atoms with E-state index in [0.717, 1.165) is 23.2 Å². The Labute approximate surface area is 159 Å². The molecule has 0 radical (unpaired) electrons. The van der Waals surface area contributed by atoms with Crippen molar-refractivity contribution < 1.29 is 9.53 Å². The molecule has 0 saturated carbocycles. The highest BCUT2D eigenvalue weighted by molar-refractivity contribution is 7.99. The lowest BCUT2D eigenvalue weighted by Gasteiger charge is -2.07. The van der Waals surface area contributed by atoms with Crippen molar-refractivity contribution in [2.24, 2.45) is 0 Å². The summed E-state index contributed by atoms with van der Waals surface area (Å²) in [5.41, 5.74) is 3.51. The van der Waals surface area contributed by atoms with Gasteiger partial charge in [-0.3, -0.25) is 4.79 Å². The average Bonchev–Trinajstić information content (AvgIpc) is 2.95. The highest BCUT2D eigenvalue weighted by Crippen LogP contribution is 2.33. The number of rotatable bonds is 8. The molecule has 0 spiro atoms. The minimum atomic E-state index is -0.188. The van der Waals surface area contributed by atoms with E-state index >= 15 is 0 Å². The van der Waals surface area contributed by atoms with Gasteiger partial charge in [-0.05, 0) is 61.4 Å². The minimum absolute atomic E-state index is 0.188. The van der Waals surface area contributed by atoms with Gasteiger partial charge in [0.2, 0.25) is 0 Å². The molecule has 2 aromatic carbocycles. The SMILES string of the molecule is CCCCSc1ccc2c(c1)c1cc(CC)ccc1n2CC(=O)OCC. The van der Waals surface area contributed by atoms with E-state index in [9.17, 15) is 4.79 Å². The van der Waals surface area contributed by atoms with Gasteiger partial charge in [0.05, 0.1) is 6.61 Å². The average molecular weight is 370 g/mol. The van der Waals surface area contributed by atoms with Gasteiger partial charge in [-0.2, -0.15) is 0 Å². The molecular formula is C22H27NO2S. The van der Waals surface area contributed by atoms with Gasteiger partial charge in [-0.1, -0.05) is 26.3 Å². The molecule has 0 bridgehead atoms. The second-order valence-electron chi connectivity index (χ2n) is 6.48. The van der Waals surface area contributed by atoms with Gasteiger partial charge in [0, 0.05) is 26.7 Å². The summed E-state index contributed by atoms with van der Waals surface area (Å²) >= 11 is 1.91. The molecule has 0 aliphatic carbocycles. The molecule has 138 valence electrons. The van der Waals surface area contributed by atoms with Crippen molar-refractivity contribution in [1.82, 2.24) is 4.57 Å². The molecule has 0 atom stereocenters. The first-order chi connectivity index (χ1) is 12.7. The molecule has 1 heterocycles. The largest absolute Gasteiger partial charge is 0.465 e. The van der Waals surface area contributed by atoms with Crippen LogP contribution in [-0.4, -0.2) is 22.9 Å². The number of hydrogen-bond acceptors (Lipinski definition) is 3. The summed E-state index contributed by atoms with van der Waals surface area (Å²) < 4.78 is 7.27. The van der Waals surface area contributed by atoms with E-state index in [4.69, 9.17) is 4.74 Å². The number of benzene rings is 2. The zero-order valence-electron chi connectivity index (χ0n) is 15.9. The maximum atomic E-state index is 12.1. The van der Waals surface area contributed by atoms with Gasteiger partial charge >= 0.3 is 5.97 Å². The summed E-state index contributed by atoms with van der Waals surface area (Å²) in [6.07, 6.45) is 3.45. The Morgan fingerprint density at radius 2 is 1.77 bits per heavy atom. The number of fused-ring (bicyclic) bond motifs is 3. The standard InChI is InChI=1S/C22H27NO2S/c1-4-7-12-26-17-9-11-21-19(14-17)18-13-16(5-2)8-10-20(18)23(21)15-22(24)25-6-3/h8-11,13-14H,4-7,12,15H2,1-3H3. The van der Waals surface area contributed by atoms with Crippen LogP contribution in [0.4, 0.5) is 0 Å². The zero-order valence-corrected chi connectivity index (χ0v) is 16.7. The van der Waals surface area contributed by atoms with Crippen LogP contribution in [-0.2, 0) is 22.5 Å². The Kier molecular flexibility index (Phi) is 6.25. The summed E-state index contributed by atoms with van der Waals surface area (Å²) in [7, 11) is 0. The molecule has 0 amide bonds. The number of carbonyl (C=O) groups excluding carboxylic acids is 1. The van der Waals surface area contributed by atoms with E-state index in [-0.39, 0.29) is 12.5 Å². The Morgan fingerprint density at radius 3 is 2.46 bits per heavy atom. The number of hydrogen-bond donors (Lipinski definition) is 0. The predicted octanol–water partition coefficient (Wildman–Crippen LogP) is 5.81. The third-order valence-electron chi connectivity index (χ3n) is 4.67. The lowest BCUT2D eigenvalue weighted by molar-refractivity contribution is -0.143. The van der Waals surface area contributed by atoms with Crippen LogP contribution < -0.4 is 0 Å². The fourth-order valence-corrected chi connectivity index (χ4v) is 4.31. The quantitative estimate of drug-likeness (QED) is 0.285. The minimum Gasteiger partial charge on any atom is -0.465 e. The number of nitrogens with zero attached hydrogens (tertiary/aromatic N) is 1. The van der Waals surface area contributed by atoms with Crippen LogP contribution in [0.1, 0.15) is 39.2 Å². The Morgan fingerprint density at radius 1 is 1.04 bits per heavy atom. The molecule has 3 nitrogen and oxygen atoms in total. The first kappa shape index (κ1) is 18.8. The van der Waals surface area contributed by atoms with Gasteiger partial charge in [0.25, 0.3) is 0 Å². The molecule has 4 heteroatoms. The maximum absolute atomic E-state index is 12.1. The number of carbonyl (C=O) groups is 1. The van der Waals surface area contributed by atoms with Crippen LogP contribution in [0.5, 0.6) is 0 Å². The summed E-state index contributed by atoms with van der Waals surface area (Å²) in [6, 6.07) is 13.1. The van der Waals surface area contributed by atoms with Crippen molar-refractivity contribution in [2.45, 2.75) is 51.5 Å². The Bertz CT molecular complexity index is 913. The smallest absolute Gasteiger partial charge is 0.325 e. The first-order valence-corrected chi connectivity index (χ1v) is 10.5. The molecule has 0 unspecified atom stereocenters. The lowest BCUT2D eigenvalue weighted by Crippen LogP contribution is -2.13. The Balaban J connectivity index is 2.10. The second-order valence-corrected chi connectivity index (χ2v) is 7.65. The van der Waals surface area contributed by atoms with Crippen LogP contribution in [0, 0.1) is 0 Å². The summed E-state index contributed by atoms with van der Waals surface area (Å²) in [5.74, 6) is 0.955. The molecule has 0 fully saturated rings. The van der Waals surface area contributed by atoms with Crippen molar-refractivity contribution in [3.63, 3.8) is 0 Å². The van der Waals surface area contributed by atoms with Crippen molar-refractivity contribution in [2.75, 3.05) is 12.4 Å². The van der Waals surface area contributed by atoms with Crippen LogP contribution in [0.25, 0.3) is 21.8 Å². The summed E-state index contributed by atoms with van der Waals surface area (Å²) in [5, 5.41) is 2.45. The van der Waals surface area contributed by atoms with Crippen LogP contribution in [0.15, 0.2) is 41.3 Å². The van der Waals surface area contributed by atoms with Crippen molar-refractivity contribution in [3.05, 3.63) is 42.0 Å². The third kappa shape index (κ3) is 3.90. The van der Waals surface area contributed by atoms with E-state index in [1.54, 1.807) is 0 Å². The molecule has 0 aliphatic rings. The molecule has 3 aromatic rings. The van der Waals surface area contributed by atoms with E-state index in [1.807, 2.05) is 18.7 Å². The zero-order chi connectivity index (χ0) is 18.5. The van der Waals surface area contributed by atoms with Crippen LogP contribution >= 0.6 is 11.8 Å². The van der Waals surface area contributed by atoms with Gasteiger partial charge in [0.15, 0.2) is 0 Å². The molecule has 1 aromatic heterocycles. The van der Waals surface area contributed by atoms with Gasteiger partial charge in [0.1, 0.15) is 6.54 Å². The molecule has 0 saturated heterocycles. The van der Waals surface area contributed by atoms with Crippen molar-refractivity contribution in [1.29, 1.82) is 0 Å². The molecule has 0 N–H and O–H groups in total. The van der Waals surface area contributed by atoms with Gasteiger partial charge < -0.3 is 9.30 Å². The topological polar surface area (TPSA) is 31.2 Å². The third-order valence-corrected chi connectivity index (χ3v) is 5.75. The van der Waals surface area contributed by atoms with Gasteiger partial charge in [-0.25, -0.2) is 0 Å². The van der Waals surface area contributed by atoms with Crippen LogP contribution in [0.2, 0.25) is 0 Å². The van der Waals surface area contributed by atoms with E-state index in [0.29, 0.717) is 6.61 Å². The summed E-state index contributed by atoms with van der Waals surface area (Å²) in [6.45, 7) is 6.90. The molecular weight excluding hydrogens is 342 g/mol. The van der Waals surface area contributed by atoms with E-state index in [1.165, 1.54) is 34.1 Å². The number of aryl methyl sites for hydroxylation is 1. The van der Waals surface area contributed by atoms with Gasteiger partial charge in [-0.15, -0.1) is 11.8 Å². The highest BCUT2D eigenvalue weighted by Gasteiger charge is 2.15. The second kappa shape index (κ2) is 8.63. The Hall–Kier alpha value is -1.94. The fourth-order valence-electron chi connectivity index (χ4n) is 3.28. The number of thioether (sulfide) groups is 1. The molecule has 0 aliphatic heterocycles. The number of ether oxygens (including phenoxy) is 1. The molecule has 3 rings (SSSR count). The highest BCUT2D eigenvalue weighted by atomic mass is 32.2. The van der Waals surface area contributed by atoms with E-state index < -0.39 is 0 Å². The number of aromatic nitrogens is 1. The fraction of sp³-hybridized carbons (Fsp3) is 0.409. The van der Waals surface area contributed by atoms with Crippen molar-refractivity contribution in [3.8, 4) is 0 Å². The van der Waals surface area contributed by atoms with Crippen LogP contribution in [0.3, 0.4) is 0 Å². The van der Waals surface area contributed by atoms with E-state index in [2.05, 4.69) is 54.8 Å². The van der Waals surface area contributed by atoms with Crippen molar-refractivity contribution >= 4 is 39.5 Å².